The molecule has 156 valence electrons. The Morgan fingerprint density at radius 1 is 1.10 bits per heavy atom. The molecule has 3 aromatic rings. The van der Waals surface area contributed by atoms with Crippen LogP contribution in [-0.2, 0) is 6.54 Å². The molecule has 3 N–H and O–H groups in total. The lowest BCUT2D eigenvalue weighted by molar-refractivity contribution is 0.376. The topological polar surface area (TPSA) is 87.4 Å². The average molecular weight is 508 g/mol. The fourth-order valence-corrected chi connectivity index (χ4v) is 2.71. The molecule has 0 amide bonds. The number of nitrogens with zero attached hydrogens (tertiary/aromatic N) is 3. The second-order valence-corrected chi connectivity index (χ2v) is 6.81. The average Bonchev–Trinajstić information content (AvgIpc) is 3.18. The Morgan fingerprint density at radius 2 is 1.93 bits per heavy atom. The number of pyridine rings is 1. The van der Waals surface area contributed by atoms with Crippen LogP contribution in [0.3, 0.4) is 0 Å². The second-order valence-electron chi connectivity index (χ2n) is 6.81. The maximum atomic E-state index is 5.34. The van der Waals surface area contributed by atoms with Gasteiger partial charge >= 0.3 is 0 Å². The Hall–Kier alpha value is -2.36. The molecule has 0 saturated heterocycles. The zero-order valence-electron chi connectivity index (χ0n) is 17.1. The van der Waals surface area contributed by atoms with Gasteiger partial charge in [0.15, 0.2) is 11.7 Å². The van der Waals surface area contributed by atoms with E-state index in [0.717, 1.165) is 47.2 Å². The van der Waals surface area contributed by atoms with E-state index in [4.69, 9.17) is 4.52 Å². The maximum Gasteiger partial charge on any atom is 0.191 e. The second kappa shape index (κ2) is 11.6. The number of aromatic nitrogens is 2. The first-order chi connectivity index (χ1) is 13.7. The minimum absolute atomic E-state index is 0. The normalized spacial score (nSPS) is 11.4. The molecule has 0 bridgehead atoms. The highest BCUT2D eigenvalue weighted by molar-refractivity contribution is 14.0. The molecule has 0 aliphatic carbocycles. The number of anilines is 1. The van der Waals surface area contributed by atoms with E-state index in [0.29, 0.717) is 19.0 Å². The summed E-state index contributed by atoms with van der Waals surface area (Å²) in [5, 5.41) is 15.1. The van der Waals surface area contributed by atoms with E-state index < -0.39 is 0 Å². The number of hydrogen-bond donors (Lipinski definition) is 3. The molecule has 29 heavy (non-hydrogen) atoms. The Balaban J connectivity index is 0.00000300. The van der Waals surface area contributed by atoms with Crippen LogP contribution in [0, 0.1) is 0 Å². The van der Waals surface area contributed by atoms with Gasteiger partial charge < -0.3 is 20.5 Å². The minimum atomic E-state index is 0. The van der Waals surface area contributed by atoms with Crippen molar-refractivity contribution in [3.8, 4) is 0 Å². The third-order valence-corrected chi connectivity index (χ3v) is 4.23. The van der Waals surface area contributed by atoms with Gasteiger partial charge in [0.05, 0.1) is 11.2 Å². The monoisotopic (exact) mass is 508 g/mol. The summed E-state index contributed by atoms with van der Waals surface area (Å²) < 4.78 is 5.34. The molecule has 0 aliphatic heterocycles. The van der Waals surface area contributed by atoms with Crippen LogP contribution in [0.25, 0.3) is 10.9 Å². The summed E-state index contributed by atoms with van der Waals surface area (Å²) in [5.41, 5.74) is 1.94. The molecule has 0 unspecified atom stereocenters. The highest BCUT2D eigenvalue weighted by Crippen LogP contribution is 2.15. The van der Waals surface area contributed by atoms with Crippen LogP contribution in [0.4, 0.5) is 5.82 Å². The number of nitrogens with one attached hydrogen (secondary N) is 3. The molecule has 2 aromatic heterocycles. The number of benzene rings is 1. The van der Waals surface area contributed by atoms with Gasteiger partial charge in [-0.1, -0.05) is 37.2 Å². The molecule has 3 rings (SSSR count). The van der Waals surface area contributed by atoms with Gasteiger partial charge in [0.25, 0.3) is 0 Å². The van der Waals surface area contributed by atoms with E-state index in [2.05, 4.69) is 57.1 Å². The largest absolute Gasteiger partial charge is 0.368 e. The van der Waals surface area contributed by atoms with Crippen molar-refractivity contribution in [3.63, 3.8) is 0 Å². The molecule has 0 atom stereocenters. The van der Waals surface area contributed by atoms with Crippen LogP contribution < -0.4 is 16.0 Å². The molecule has 8 heteroatoms. The quantitative estimate of drug-likeness (QED) is 0.184. The highest BCUT2D eigenvalue weighted by Gasteiger charge is 2.07. The van der Waals surface area contributed by atoms with Crippen molar-refractivity contribution in [3.05, 3.63) is 53.9 Å². The Morgan fingerprint density at radius 3 is 2.69 bits per heavy atom. The Bertz CT molecular complexity index is 924. The van der Waals surface area contributed by atoms with Crippen molar-refractivity contribution in [2.45, 2.75) is 33.2 Å². The highest BCUT2D eigenvalue weighted by atomic mass is 127. The first-order valence-corrected chi connectivity index (χ1v) is 9.73. The molecule has 0 fully saturated rings. The van der Waals surface area contributed by atoms with Crippen molar-refractivity contribution in [1.29, 1.82) is 0 Å². The van der Waals surface area contributed by atoms with Gasteiger partial charge in [-0.2, -0.15) is 0 Å². The van der Waals surface area contributed by atoms with Crippen LogP contribution in [0.5, 0.6) is 0 Å². The fraction of sp³-hybridized carbons (Fsp3) is 0.381. The summed E-state index contributed by atoms with van der Waals surface area (Å²) >= 11 is 0. The van der Waals surface area contributed by atoms with Crippen molar-refractivity contribution >= 4 is 46.7 Å². The number of rotatable bonds is 8. The fourth-order valence-electron chi connectivity index (χ4n) is 2.71. The van der Waals surface area contributed by atoms with Crippen molar-refractivity contribution < 1.29 is 4.52 Å². The number of aliphatic imine (C=N–C) groups is 1. The SMILES string of the molecule is CCNC(=NCc1cc(C(C)C)no1)NCCNc1ccc2ccccc2n1.I. The number of fused-ring (bicyclic) bond motifs is 1. The lowest BCUT2D eigenvalue weighted by atomic mass is 10.1. The zero-order valence-corrected chi connectivity index (χ0v) is 19.4. The predicted octanol–water partition coefficient (Wildman–Crippen LogP) is 4.13. The molecule has 1 aromatic carbocycles. The molecule has 0 saturated carbocycles. The summed E-state index contributed by atoms with van der Waals surface area (Å²) in [4.78, 5) is 9.18. The molecule has 0 radical (unpaired) electrons. The van der Waals surface area contributed by atoms with Crippen molar-refractivity contribution in [2.24, 2.45) is 4.99 Å². The van der Waals surface area contributed by atoms with Gasteiger partial charge in [0.1, 0.15) is 12.4 Å². The smallest absolute Gasteiger partial charge is 0.191 e. The summed E-state index contributed by atoms with van der Waals surface area (Å²) in [5.74, 6) is 2.73. The first-order valence-electron chi connectivity index (χ1n) is 9.73. The van der Waals surface area contributed by atoms with E-state index in [1.54, 1.807) is 0 Å². The molecule has 0 aliphatic rings. The van der Waals surface area contributed by atoms with E-state index in [1.807, 2.05) is 37.3 Å². The van der Waals surface area contributed by atoms with Gasteiger partial charge in [-0.3, -0.25) is 0 Å². The number of guanidine groups is 1. The predicted molar refractivity (Wildman–Crippen MR) is 129 cm³/mol. The van der Waals surface area contributed by atoms with Gasteiger partial charge in [-0.05, 0) is 31.0 Å². The van der Waals surface area contributed by atoms with Gasteiger partial charge in [-0.25, -0.2) is 9.98 Å². The molecular weight excluding hydrogens is 479 g/mol. The number of hydrogen-bond acceptors (Lipinski definition) is 5. The third-order valence-electron chi connectivity index (χ3n) is 4.23. The van der Waals surface area contributed by atoms with Crippen LogP contribution in [0.2, 0.25) is 0 Å². The molecular formula is C21H29IN6O. The number of halogens is 1. The molecule has 7 nitrogen and oxygen atoms in total. The van der Waals surface area contributed by atoms with Crippen molar-refractivity contribution in [2.75, 3.05) is 25.0 Å². The van der Waals surface area contributed by atoms with Crippen LogP contribution in [0.15, 0.2) is 52.0 Å². The van der Waals surface area contributed by atoms with Crippen LogP contribution >= 0.6 is 24.0 Å². The van der Waals surface area contributed by atoms with Crippen LogP contribution in [-0.4, -0.2) is 35.7 Å². The summed E-state index contributed by atoms with van der Waals surface area (Å²) in [6.07, 6.45) is 0. The van der Waals surface area contributed by atoms with Gasteiger partial charge in [-0.15, -0.1) is 24.0 Å². The standard InChI is InChI=1S/C21H28N6O.HI/c1-4-22-21(25-14-17-13-19(15(2)3)27-28-17)24-12-11-23-20-10-9-16-7-5-6-8-18(16)26-20;/h5-10,13,15H,4,11-12,14H2,1-3H3,(H,23,26)(H2,22,24,25);1H. The minimum Gasteiger partial charge on any atom is -0.368 e. The summed E-state index contributed by atoms with van der Waals surface area (Å²) in [6, 6.07) is 14.1. The van der Waals surface area contributed by atoms with E-state index in [9.17, 15) is 0 Å². The van der Waals surface area contributed by atoms with Gasteiger partial charge in [0, 0.05) is 31.1 Å². The maximum absolute atomic E-state index is 5.34. The summed E-state index contributed by atoms with van der Waals surface area (Å²) in [6.45, 7) is 8.92. The lowest BCUT2D eigenvalue weighted by Gasteiger charge is -2.12. The van der Waals surface area contributed by atoms with Gasteiger partial charge in [0.2, 0.25) is 0 Å². The van der Waals surface area contributed by atoms with E-state index in [1.165, 1.54) is 0 Å². The molecule has 0 spiro atoms. The summed E-state index contributed by atoms with van der Waals surface area (Å²) in [7, 11) is 0. The number of para-hydroxylation sites is 1. The Kier molecular flexibility index (Phi) is 9.17. The third kappa shape index (κ3) is 6.88. The van der Waals surface area contributed by atoms with Crippen LogP contribution in [0.1, 0.15) is 38.1 Å². The van der Waals surface area contributed by atoms with E-state index in [-0.39, 0.29) is 24.0 Å². The molecule has 2 heterocycles. The van der Waals surface area contributed by atoms with Crippen molar-refractivity contribution in [1.82, 2.24) is 20.8 Å². The lowest BCUT2D eigenvalue weighted by Crippen LogP contribution is -2.39. The first kappa shape index (κ1) is 22.9. The van der Waals surface area contributed by atoms with E-state index >= 15 is 0 Å². The Labute approximate surface area is 188 Å². The zero-order chi connectivity index (χ0) is 19.8.